The van der Waals surface area contributed by atoms with E-state index in [1.807, 2.05) is 60.7 Å². The predicted octanol–water partition coefficient (Wildman–Crippen LogP) is 2.70. The van der Waals surface area contributed by atoms with Gasteiger partial charge in [0, 0.05) is 23.7 Å². The van der Waals surface area contributed by atoms with E-state index in [0.29, 0.717) is 36.5 Å². The van der Waals surface area contributed by atoms with Gasteiger partial charge < -0.3 is 14.2 Å². The van der Waals surface area contributed by atoms with Crippen LogP contribution in [0.2, 0.25) is 0 Å². The molecule has 28 heavy (non-hydrogen) atoms. The summed E-state index contributed by atoms with van der Waals surface area (Å²) < 4.78 is 19.9. The molecule has 1 aliphatic carbocycles. The van der Waals surface area contributed by atoms with Crippen molar-refractivity contribution >= 4 is 29.6 Å². The molecule has 2 aromatic carbocycles. The topological polar surface area (TPSA) is 63.7 Å². The molecule has 1 heterocycles. The number of hydrogen-bond acceptors (Lipinski definition) is 4. The van der Waals surface area contributed by atoms with Crippen LogP contribution >= 0.6 is 7.14 Å². The summed E-state index contributed by atoms with van der Waals surface area (Å²) >= 11 is 0. The first-order chi connectivity index (χ1) is 13.6. The maximum absolute atomic E-state index is 14.4. The van der Waals surface area contributed by atoms with E-state index in [2.05, 4.69) is 0 Å². The van der Waals surface area contributed by atoms with Gasteiger partial charge in [-0.3, -0.25) is 9.59 Å². The molecule has 1 saturated carbocycles. The van der Waals surface area contributed by atoms with Gasteiger partial charge in [-0.2, -0.15) is 0 Å². The molecule has 6 heteroatoms. The summed E-state index contributed by atoms with van der Waals surface area (Å²) in [5, 5.41) is 0.240. The number of benzene rings is 2. The summed E-state index contributed by atoms with van der Waals surface area (Å²) in [4.78, 5) is 27.1. The highest BCUT2D eigenvalue weighted by molar-refractivity contribution is 7.81. The van der Waals surface area contributed by atoms with Crippen LogP contribution in [0.25, 0.3) is 0 Å². The van der Waals surface area contributed by atoms with E-state index < -0.39 is 18.3 Å². The zero-order valence-electron chi connectivity index (χ0n) is 15.8. The minimum atomic E-state index is -3.26. The minimum absolute atomic E-state index is 0.170. The van der Waals surface area contributed by atoms with Crippen LogP contribution in [0.15, 0.2) is 60.7 Å². The Morgan fingerprint density at radius 2 is 1.39 bits per heavy atom. The third-order valence-corrected chi connectivity index (χ3v) is 9.62. The fraction of sp³-hybridized carbons (Fsp3) is 0.364. The lowest BCUT2D eigenvalue weighted by Gasteiger charge is -2.27. The molecule has 1 aliphatic heterocycles. The summed E-state index contributed by atoms with van der Waals surface area (Å²) in [6, 6.07) is 18.3. The van der Waals surface area contributed by atoms with Crippen LogP contribution in [0.3, 0.4) is 0 Å². The van der Waals surface area contributed by atoms with Crippen molar-refractivity contribution in [3.8, 4) is 0 Å². The second-order valence-electron chi connectivity index (χ2n) is 7.48. The van der Waals surface area contributed by atoms with E-state index in [0.717, 1.165) is 12.8 Å². The normalized spacial score (nSPS) is 17.9. The fourth-order valence-corrected chi connectivity index (χ4v) is 7.54. The number of nitrogens with zero attached hydrogens (tertiary/aromatic N) is 1. The van der Waals surface area contributed by atoms with Crippen LogP contribution in [-0.2, 0) is 18.9 Å². The number of ether oxygens (including phenoxy) is 1. The number of hydrogen-bond donors (Lipinski definition) is 0. The Balaban J connectivity index is 1.62. The number of esters is 1. The molecular weight excluding hydrogens is 373 g/mol. The van der Waals surface area contributed by atoms with Gasteiger partial charge in [0.2, 0.25) is 0 Å². The van der Waals surface area contributed by atoms with Crippen molar-refractivity contribution in [1.82, 2.24) is 4.90 Å². The molecule has 1 amide bonds. The molecule has 2 aliphatic rings. The van der Waals surface area contributed by atoms with Gasteiger partial charge in [-0.25, -0.2) is 0 Å². The number of amides is 1. The molecule has 0 N–H and O–H groups in total. The lowest BCUT2D eigenvalue weighted by atomic mass is 10.4. The molecule has 0 bridgehead atoms. The molecule has 5 nitrogen and oxygen atoms in total. The molecule has 0 atom stereocenters. The molecular formula is C22H24NO4P. The summed E-state index contributed by atoms with van der Waals surface area (Å²) in [5.74, 6) is -0.688. The number of carbonyl (C=O) groups excluding carboxylic acids is 2. The maximum Gasteiger partial charge on any atom is 0.320 e. The van der Waals surface area contributed by atoms with E-state index >= 15 is 0 Å². The van der Waals surface area contributed by atoms with Gasteiger partial charge in [-0.05, 0) is 25.7 Å². The third kappa shape index (κ3) is 3.18. The molecule has 0 radical (unpaired) electrons. The largest absolute Gasteiger partial charge is 0.455 e. The SMILES string of the molecule is O=C(COC(=O)C1(P(=O)(c2ccccc2)c2ccccc2)CC1)N1CCCC1. The zero-order valence-corrected chi connectivity index (χ0v) is 16.6. The first kappa shape index (κ1) is 18.9. The molecule has 0 aromatic heterocycles. The van der Waals surface area contributed by atoms with Crippen molar-refractivity contribution in [3.63, 3.8) is 0 Å². The molecule has 0 unspecified atom stereocenters. The van der Waals surface area contributed by atoms with E-state index in [4.69, 9.17) is 4.74 Å². The quantitative estimate of drug-likeness (QED) is 0.555. The highest BCUT2D eigenvalue weighted by atomic mass is 31.2. The van der Waals surface area contributed by atoms with Crippen molar-refractivity contribution in [2.45, 2.75) is 30.8 Å². The van der Waals surface area contributed by atoms with E-state index in [-0.39, 0.29) is 12.5 Å². The lowest BCUT2D eigenvalue weighted by Crippen LogP contribution is -2.38. The lowest BCUT2D eigenvalue weighted by molar-refractivity contribution is -0.151. The highest BCUT2D eigenvalue weighted by Gasteiger charge is 2.65. The predicted molar refractivity (Wildman–Crippen MR) is 108 cm³/mol. The van der Waals surface area contributed by atoms with Gasteiger partial charge in [0.05, 0.1) is 0 Å². The zero-order chi connectivity index (χ0) is 19.6. The Morgan fingerprint density at radius 1 is 0.893 bits per heavy atom. The van der Waals surface area contributed by atoms with Gasteiger partial charge in [0.1, 0.15) is 5.16 Å². The van der Waals surface area contributed by atoms with Crippen molar-refractivity contribution in [1.29, 1.82) is 0 Å². The second kappa shape index (κ2) is 7.56. The van der Waals surface area contributed by atoms with Gasteiger partial charge in [-0.1, -0.05) is 60.7 Å². The van der Waals surface area contributed by atoms with Gasteiger partial charge in [0.25, 0.3) is 5.91 Å². The minimum Gasteiger partial charge on any atom is -0.455 e. The van der Waals surface area contributed by atoms with Crippen molar-refractivity contribution in [2.75, 3.05) is 19.7 Å². The Bertz CT molecular complexity index is 859. The number of carbonyl (C=O) groups is 2. The average molecular weight is 397 g/mol. The van der Waals surface area contributed by atoms with Gasteiger partial charge in [-0.15, -0.1) is 0 Å². The second-order valence-corrected chi connectivity index (χ2v) is 10.6. The van der Waals surface area contributed by atoms with E-state index in [9.17, 15) is 14.2 Å². The smallest absolute Gasteiger partial charge is 0.320 e. The van der Waals surface area contributed by atoms with Crippen LogP contribution in [0.4, 0.5) is 0 Å². The van der Waals surface area contributed by atoms with E-state index in [1.54, 1.807) is 4.90 Å². The van der Waals surface area contributed by atoms with Crippen molar-refractivity contribution < 1.29 is 18.9 Å². The first-order valence-corrected chi connectivity index (χ1v) is 11.4. The number of rotatable bonds is 6. The van der Waals surface area contributed by atoms with E-state index in [1.165, 1.54) is 0 Å². The highest BCUT2D eigenvalue weighted by Crippen LogP contribution is 2.68. The standard InChI is InChI=1S/C22H24NO4P/c24-20(23-15-7-8-16-23)17-27-21(25)22(13-14-22)28(26,18-9-3-1-4-10-18)19-11-5-2-6-12-19/h1-6,9-12H,7-8,13-17H2. The van der Waals surface area contributed by atoms with Crippen LogP contribution < -0.4 is 10.6 Å². The fourth-order valence-electron chi connectivity index (χ4n) is 4.00. The monoisotopic (exact) mass is 397 g/mol. The molecule has 0 spiro atoms. The van der Waals surface area contributed by atoms with Gasteiger partial charge in [0.15, 0.2) is 13.7 Å². The molecule has 1 saturated heterocycles. The Labute approximate surface area is 165 Å². The van der Waals surface area contributed by atoms with Crippen LogP contribution in [0.5, 0.6) is 0 Å². The molecule has 2 aromatic rings. The first-order valence-electron chi connectivity index (χ1n) is 9.74. The summed E-state index contributed by atoms with van der Waals surface area (Å²) in [7, 11) is -3.26. The summed E-state index contributed by atoms with van der Waals surface area (Å²) in [5.41, 5.74) is 0. The van der Waals surface area contributed by atoms with Crippen LogP contribution in [0, 0.1) is 0 Å². The third-order valence-electron chi connectivity index (χ3n) is 5.73. The average Bonchev–Trinajstić information content (AvgIpc) is 3.39. The van der Waals surface area contributed by atoms with Crippen LogP contribution in [0.1, 0.15) is 25.7 Å². The Hall–Kier alpha value is -2.39. The van der Waals surface area contributed by atoms with Crippen molar-refractivity contribution in [3.05, 3.63) is 60.7 Å². The molecule has 2 fully saturated rings. The number of likely N-dealkylation sites (tertiary alicyclic amines) is 1. The molecule has 146 valence electrons. The van der Waals surface area contributed by atoms with Crippen molar-refractivity contribution in [2.24, 2.45) is 0 Å². The maximum atomic E-state index is 14.4. The van der Waals surface area contributed by atoms with Gasteiger partial charge >= 0.3 is 5.97 Å². The Morgan fingerprint density at radius 3 is 1.86 bits per heavy atom. The van der Waals surface area contributed by atoms with Crippen LogP contribution in [-0.4, -0.2) is 41.6 Å². The molecule has 4 rings (SSSR count). The summed E-state index contributed by atoms with van der Waals surface area (Å²) in [6.07, 6.45) is 2.98. The summed E-state index contributed by atoms with van der Waals surface area (Å²) in [6.45, 7) is 1.16. The Kier molecular flexibility index (Phi) is 5.11.